The van der Waals surface area contributed by atoms with Crippen LogP contribution >= 0.6 is 0 Å². The molecule has 1 rings (SSSR count). The lowest BCUT2D eigenvalue weighted by molar-refractivity contribution is -0.139. The lowest BCUT2D eigenvalue weighted by Crippen LogP contribution is -2.29. The van der Waals surface area contributed by atoms with Crippen LogP contribution in [0, 0.1) is 0 Å². The third-order valence-electron chi connectivity index (χ3n) is 1.36. The van der Waals surface area contributed by atoms with Gasteiger partial charge in [0.05, 0.1) is 0 Å². The predicted molar refractivity (Wildman–Crippen MR) is 42.8 cm³/mol. The van der Waals surface area contributed by atoms with Crippen LogP contribution in [-0.2, 0) is 15.2 Å². The van der Waals surface area contributed by atoms with Crippen molar-refractivity contribution < 1.29 is 27.4 Å². The smallest absolute Gasteiger partial charge is 0.394 e. The highest BCUT2D eigenvalue weighted by Gasteiger charge is 2.20. The average molecular weight is 213 g/mol. The van der Waals surface area contributed by atoms with Crippen molar-refractivity contribution in [1.82, 2.24) is 5.32 Å². The highest BCUT2D eigenvalue weighted by molar-refractivity contribution is 7.79. The van der Waals surface area contributed by atoms with E-state index in [0.717, 1.165) is 19.4 Å². The number of rotatable bonds is 1. The van der Waals surface area contributed by atoms with E-state index < -0.39 is 16.4 Å². The Labute approximate surface area is 75.3 Å². The molecule has 1 fully saturated rings. The van der Waals surface area contributed by atoms with E-state index in [1.165, 1.54) is 0 Å². The van der Waals surface area contributed by atoms with Crippen LogP contribution in [0.4, 0.5) is 0 Å². The molecule has 0 unspecified atom stereocenters. The molecule has 1 saturated heterocycles. The number of carboxylic acids is 1. The Hall–Kier alpha value is -0.700. The second-order valence-corrected chi connectivity index (χ2v) is 3.33. The fourth-order valence-corrected chi connectivity index (χ4v) is 0.895. The molecule has 0 saturated carbocycles. The summed E-state index contributed by atoms with van der Waals surface area (Å²) in [5.41, 5.74) is 0. The first kappa shape index (κ1) is 12.3. The summed E-state index contributed by atoms with van der Waals surface area (Å²) in [4.78, 5) is 10.1. The number of carboxylic acid groups (broad SMARTS) is 1. The van der Waals surface area contributed by atoms with E-state index in [1.807, 2.05) is 0 Å². The Morgan fingerprint density at radius 3 is 2.00 bits per heavy atom. The van der Waals surface area contributed by atoms with Crippen LogP contribution in [0.3, 0.4) is 0 Å². The predicted octanol–water partition coefficient (Wildman–Crippen LogP) is -0.830. The van der Waals surface area contributed by atoms with Crippen molar-refractivity contribution in [3.05, 3.63) is 0 Å². The molecule has 1 aliphatic heterocycles. The van der Waals surface area contributed by atoms with Crippen LogP contribution in [0.25, 0.3) is 0 Å². The quantitative estimate of drug-likeness (QED) is 0.419. The second-order valence-electron chi connectivity index (χ2n) is 2.44. The van der Waals surface area contributed by atoms with Crippen molar-refractivity contribution in [2.75, 3.05) is 6.54 Å². The summed E-state index contributed by atoms with van der Waals surface area (Å²) in [5, 5.41) is 11.2. The van der Waals surface area contributed by atoms with Crippen LogP contribution in [0.5, 0.6) is 0 Å². The maximum atomic E-state index is 10.1. The van der Waals surface area contributed by atoms with E-state index in [2.05, 4.69) is 5.32 Å². The lowest BCUT2D eigenvalue weighted by atomic mass is 10.2. The van der Waals surface area contributed by atoms with Crippen LogP contribution in [-0.4, -0.2) is 41.2 Å². The maximum Gasteiger partial charge on any atom is 0.394 e. The van der Waals surface area contributed by atoms with E-state index in [0.29, 0.717) is 0 Å². The van der Waals surface area contributed by atoms with E-state index in [1.54, 1.807) is 0 Å². The Balaban J connectivity index is 0.000000252. The zero-order valence-corrected chi connectivity index (χ0v) is 7.49. The van der Waals surface area contributed by atoms with E-state index >= 15 is 0 Å². The number of aliphatic carboxylic acids is 1. The Bertz CT molecular complexity index is 246. The normalized spacial score (nSPS) is 21.8. The van der Waals surface area contributed by atoms with Gasteiger partial charge in [0, 0.05) is 0 Å². The maximum absolute atomic E-state index is 10.1. The zero-order valence-electron chi connectivity index (χ0n) is 6.67. The Kier molecular flexibility index (Phi) is 4.85. The molecular weight excluding hydrogens is 202 g/mol. The van der Waals surface area contributed by atoms with Gasteiger partial charge in [-0.05, 0) is 19.4 Å². The van der Waals surface area contributed by atoms with Crippen LogP contribution < -0.4 is 5.32 Å². The molecule has 7 nitrogen and oxygen atoms in total. The topological polar surface area (TPSA) is 124 Å². The summed E-state index contributed by atoms with van der Waals surface area (Å²) in [5.74, 6) is -0.720. The number of hydrogen-bond donors (Lipinski definition) is 4. The zero-order chi connectivity index (χ0) is 10.5. The monoisotopic (exact) mass is 213 g/mol. The second kappa shape index (κ2) is 5.12. The van der Waals surface area contributed by atoms with Gasteiger partial charge in [-0.3, -0.25) is 13.9 Å². The van der Waals surface area contributed by atoms with Gasteiger partial charge in [-0.2, -0.15) is 8.42 Å². The van der Waals surface area contributed by atoms with Gasteiger partial charge in [-0.25, -0.2) is 0 Å². The van der Waals surface area contributed by atoms with Gasteiger partial charge in [-0.15, -0.1) is 0 Å². The average Bonchev–Trinajstić information content (AvgIpc) is 2.31. The highest BCUT2D eigenvalue weighted by Crippen LogP contribution is 2.03. The fraction of sp³-hybridized carbons (Fsp3) is 0.800. The van der Waals surface area contributed by atoms with Crippen LogP contribution in [0.1, 0.15) is 12.8 Å². The third kappa shape index (κ3) is 9.21. The van der Waals surface area contributed by atoms with Gasteiger partial charge in [0.2, 0.25) is 0 Å². The SMILES string of the molecule is O=C(O)[C@@H]1CCCN1.O=S(=O)(O)O. The molecule has 0 aromatic rings. The highest BCUT2D eigenvalue weighted by atomic mass is 32.3. The molecule has 0 spiro atoms. The number of carbonyl (C=O) groups is 1. The first-order valence-electron chi connectivity index (χ1n) is 3.47. The van der Waals surface area contributed by atoms with Crippen LogP contribution in [0.15, 0.2) is 0 Å². The number of hydrogen-bond acceptors (Lipinski definition) is 4. The Morgan fingerprint density at radius 2 is 1.85 bits per heavy atom. The molecule has 1 heterocycles. The fourth-order valence-electron chi connectivity index (χ4n) is 0.895. The van der Waals surface area contributed by atoms with E-state index in [9.17, 15) is 4.79 Å². The Morgan fingerprint density at radius 1 is 1.38 bits per heavy atom. The summed E-state index contributed by atoms with van der Waals surface area (Å²) in [6.07, 6.45) is 1.78. The van der Waals surface area contributed by atoms with Crippen molar-refractivity contribution in [3.8, 4) is 0 Å². The van der Waals surface area contributed by atoms with Crippen molar-refractivity contribution >= 4 is 16.4 Å². The van der Waals surface area contributed by atoms with Crippen molar-refractivity contribution in [2.45, 2.75) is 18.9 Å². The summed E-state index contributed by atoms with van der Waals surface area (Å²) in [7, 11) is -4.67. The molecule has 0 aliphatic carbocycles. The molecule has 0 amide bonds. The molecule has 4 N–H and O–H groups in total. The molecular formula is C5H11NO6S. The van der Waals surface area contributed by atoms with Crippen molar-refractivity contribution in [1.29, 1.82) is 0 Å². The van der Waals surface area contributed by atoms with Crippen molar-refractivity contribution in [2.24, 2.45) is 0 Å². The molecule has 0 radical (unpaired) electrons. The molecule has 0 aromatic heterocycles. The molecule has 78 valence electrons. The summed E-state index contributed by atoms with van der Waals surface area (Å²) in [6, 6.07) is -0.269. The molecule has 8 heteroatoms. The summed E-state index contributed by atoms with van der Waals surface area (Å²) < 4.78 is 31.6. The van der Waals surface area contributed by atoms with Gasteiger partial charge in [0.1, 0.15) is 6.04 Å². The standard InChI is InChI=1S/C5H9NO2.H2O4S/c7-5(8)4-2-1-3-6-4;1-5(2,3)4/h4,6H,1-3H2,(H,7,8);(H2,1,2,3,4)/t4-;/m0./s1. The minimum Gasteiger partial charge on any atom is -0.480 e. The number of nitrogens with one attached hydrogen (secondary N) is 1. The van der Waals surface area contributed by atoms with Crippen LogP contribution in [0.2, 0.25) is 0 Å². The summed E-state index contributed by atoms with van der Waals surface area (Å²) in [6.45, 7) is 0.858. The minimum atomic E-state index is -4.67. The summed E-state index contributed by atoms with van der Waals surface area (Å²) >= 11 is 0. The first-order chi connectivity index (χ1) is 5.80. The molecule has 1 atom stereocenters. The molecule has 1 aliphatic rings. The third-order valence-corrected chi connectivity index (χ3v) is 1.36. The van der Waals surface area contributed by atoms with Gasteiger partial charge in [-0.1, -0.05) is 0 Å². The van der Waals surface area contributed by atoms with Gasteiger partial charge in [0.25, 0.3) is 0 Å². The van der Waals surface area contributed by atoms with Gasteiger partial charge < -0.3 is 10.4 Å². The molecule has 13 heavy (non-hydrogen) atoms. The minimum absolute atomic E-state index is 0.269. The van der Waals surface area contributed by atoms with E-state index in [4.69, 9.17) is 22.6 Å². The van der Waals surface area contributed by atoms with Gasteiger partial charge in [0.15, 0.2) is 0 Å². The first-order valence-corrected chi connectivity index (χ1v) is 4.86. The largest absolute Gasteiger partial charge is 0.480 e. The molecule has 0 bridgehead atoms. The lowest BCUT2D eigenvalue weighted by Gasteiger charge is -1.99. The van der Waals surface area contributed by atoms with E-state index in [-0.39, 0.29) is 6.04 Å². The van der Waals surface area contributed by atoms with Gasteiger partial charge >= 0.3 is 16.4 Å². The molecule has 0 aromatic carbocycles. The van der Waals surface area contributed by atoms with Crippen molar-refractivity contribution in [3.63, 3.8) is 0 Å².